The van der Waals surface area contributed by atoms with Gasteiger partial charge in [-0.25, -0.2) is 8.78 Å². The van der Waals surface area contributed by atoms with Crippen molar-refractivity contribution in [1.29, 1.82) is 0 Å². The van der Waals surface area contributed by atoms with Crippen molar-refractivity contribution in [3.05, 3.63) is 75.3 Å². The number of hydrogen-bond acceptors (Lipinski definition) is 6. The molecular formula is C22H20F2N4O7. The molecular weight excluding hydrogens is 470 g/mol. The zero-order valence-corrected chi connectivity index (χ0v) is 18.3. The second-order valence-electron chi connectivity index (χ2n) is 7.75. The molecule has 11 nitrogen and oxygen atoms in total. The largest absolute Gasteiger partial charge is 0.481 e. The highest BCUT2D eigenvalue weighted by atomic mass is 19.1. The molecule has 0 spiro atoms. The van der Waals surface area contributed by atoms with Crippen molar-refractivity contribution < 1.29 is 38.0 Å². The zero-order chi connectivity index (χ0) is 25.9. The fourth-order valence-electron chi connectivity index (χ4n) is 3.82. The van der Waals surface area contributed by atoms with E-state index in [4.69, 9.17) is 0 Å². The summed E-state index contributed by atoms with van der Waals surface area (Å²) in [6.07, 6.45) is -2.19. The minimum Gasteiger partial charge on any atom is -0.481 e. The van der Waals surface area contributed by atoms with E-state index in [2.05, 4.69) is 5.32 Å². The summed E-state index contributed by atoms with van der Waals surface area (Å²) in [6, 6.07) is 5.90. The first-order valence-corrected chi connectivity index (χ1v) is 10.3. The Balaban J connectivity index is 1.94. The Morgan fingerprint density at radius 3 is 2.31 bits per heavy atom. The number of amides is 3. The summed E-state index contributed by atoms with van der Waals surface area (Å²) in [5, 5.41) is 22.8. The van der Waals surface area contributed by atoms with Crippen molar-refractivity contribution in [1.82, 2.24) is 15.1 Å². The van der Waals surface area contributed by atoms with Crippen LogP contribution in [0.4, 0.5) is 14.5 Å². The van der Waals surface area contributed by atoms with Crippen LogP contribution in [0.3, 0.4) is 0 Å². The summed E-state index contributed by atoms with van der Waals surface area (Å²) in [5.41, 5.74) is -0.595. The molecule has 0 saturated carbocycles. The first kappa shape index (κ1) is 25.2. The Bertz CT molecular complexity index is 1190. The Morgan fingerprint density at radius 2 is 1.74 bits per heavy atom. The molecule has 1 heterocycles. The quantitative estimate of drug-likeness (QED) is 0.444. The van der Waals surface area contributed by atoms with Gasteiger partial charge in [-0.05, 0) is 17.7 Å². The lowest BCUT2D eigenvalue weighted by Gasteiger charge is -2.30. The number of carbonyl (C=O) groups is 4. The highest BCUT2D eigenvalue weighted by Crippen LogP contribution is 2.25. The number of nitro groups is 1. The van der Waals surface area contributed by atoms with Gasteiger partial charge in [-0.15, -0.1) is 0 Å². The maximum Gasteiger partial charge on any atom is 0.305 e. The lowest BCUT2D eigenvalue weighted by molar-refractivity contribution is -0.384. The number of nitrogens with zero attached hydrogens (tertiary/aromatic N) is 3. The normalized spacial score (nSPS) is 16.0. The summed E-state index contributed by atoms with van der Waals surface area (Å²) in [7, 11) is 0. The third-order valence-corrected chi connectivity index (χ3v) is 5.36. The van der Waals surface area contributed by atoms with E-state index in [0.717, 1.165) is 34.9 Å². The molecule has 3 rings (SSSR count). The number of carboxylic acids is 1. The molecule has 0 aliphatic carbocycles. The Labute approximate surface area is 197 Å². The number of aliphatic carboxylic acids is 1. The van der Waals surface area contributed by atoms with Gasteiger partial charge >= 0.3 is 5.97 Å². The molecule has 1 aliphatic heterocycles. The van der Waals surface area contributed by atoms with E-state index in [1.807, 2.05) is 0 Å². The van der Waals surface area contributed by atoms with E-state index in [1.165, 1.54) is 18.2 Å². The maximum absolute atomic E-state index is 13.6. The first-order chi connectivity index (χ1) is 16.5. The van der Waals surface area contributed by atoms with Crippen molar-refractivity contribution >= 4 is 29.4 Å². The molecule has 0 bridgehead atoms. The topological polar surface area (TPSA) is 150 Å². The third-order valence-electron chi connectivity index (χ3n) is 5.36. The van der Waals surface area contributed by atoms with E-state index in [-0.39, 0.29) is 29.9 Å². The van der Waals surface area contributed by atoms with Gasteiger partial charge in [0.05, 0.1) is 17.4 Å². The van der Waals surface area contributed by atoms with Crippen LogP contribution < -0.4 is 5.32 Å². The SMILES string of the molecule is CC(=O)N1CCN(C(=O)c2cc(F)cc(F)c2)C1C(=O)NC(CC(=O)O)c1cccc([N+](=O)[O-])c1. The standard InChI is InChI=1S/C22H20F2N4O7/c1-12(29)26-5-6-27(22(33)14-7-15(23)10-16(24)8-14)21(26)20(32)25-18(11-19(30)31)13-3-2-4-17(9-13)28(34)35/h2-4,7-10,18,21H,5-6,11H2,1H3,(H,25,32)(H,30,31). The molecule has 35 heavy (non-hydrogen) atoms. The number of rotatable bonds is 7. The molecule has 1 fully saturated rings. The molecule has 1 saturated heterocycles. The predicted octanol–water partition coefficient (Wildman–Crippen LogP) is 1.84. The van der Waals surface area contributed by atoms with Crippen molar-refractivity contribution in [2.45, 2.75) is 25.6 Å². The van der Waals surface area contributed by atoms with Crippen LogP contribution in [0.5, 0.6) is 0 Å². The molecule has 2 N–H and O–H groups in total. The highest BCUT2D eigenvalue weighted by Gasteiger charge is 2.42. The van der Waals surface area contributed by atoms with Crippen molar-refractivity contribution in [2.75, 3.05) is 13.1 Å². The van der Waals surface area contributed by atoms with Crippen LogP contribution in [-0.4, -0.2) is 62.8 Å². The Morgan fingerprint density at radius 1 is 1.11 bits per heavy atom. The van der Waals surface area contributed by atoms with E-state index in [1.54, 1.807) is 0 Å². The van der Waals surface area contributed by atoms with Gasteiger partial charge in [0.15, 0.2) is 6.17 Å². The van der Waals surface area contributed by atoms with Gasteiger partial charge in [-0.3, -0.25) is 29.3 Å². The van der Waals surface area contributed by atoms with Gasteiger partial charge in [-0.2, -0.15) is 0 Å². The number of carbonyl (C=O) groups excluding carboxylic acids is 3. The Hall–Kier alpha value is -4.42. The van der Waals surface area contributed by atoms with E-state index in [0.29, 0.717) is 6.07 Å². The number of carboxylic acid groups (broad SMARTS) is 1. The number of non-ortho nitro benzene ring substituents is 1. The second kappa shape index (κ2) is 10.2. The average molecular weight is 490 g/mol. The van der Waals surface area contributed by atoms with E-state index in [9.17, 15) is 43.2 Å². The molecule has 184 valence electrons. The van der Waals surface area contributed by atoms with Crippen LogP contribution in [0.2, 0.25) is 0 Å². The van der Waals surface area contributed by atoms with Crippen molar-refractivity contribution in [3.63, 3.8) is 0 Å². The van der Waals surface area contributed by atoms with Crippen LogP contribution >= 0.6 is 0 Å². The van der Waals surface area contributed by atoms with E-state index >= 15 is 0 Å². The predicted molar refractivity (Wildman–Crippen MR) is 115 cm³/mol. The molecule has 3 amide bonds. The van der Waals surface area contributed by atoms with Crippen LogP contribution in [0.1, 0.15) is 35.3 Å². The average Bonchev–Trinajstić information content (AvgIpc) is 3.23. The van der Waals surface area contributed by atoms with Crippen molar-refractivity contribution in [2.24, 2.45) is 0 Å². The molecule has 1 aliphatic rings. The summed E-state index contributed by atoms with van der Waals surface area (Å²) in [5.74, 6) is -5.78. The number of benzene rings is 2. The third kappa shape index (κ3) is 5.75. The lowest BCUT2D eigenvalue weighted by Crippen LogP contribution is -2.54. The van der Waals surface area contributed by atoms with Crippen LogP contribution in [0.25, 0.3) is 0 Å². The summed E-state index contributed by atoms with van der Waals surface area (Å²) < 4.78 is 27.3. The first-order valence-electron chi connectivity index (χ1n) is 10.3. The zero-order valence-electron chi connectivity index (χ0n) is 18.3. The molecule has 2 unspecified atom stereocenters. The highest BCUT2D eigenvalue weighted by molar-refractivity contribution is 5.99. The second-order valence-corrected chi connectivity index (χ2v) is 7.75. The number of nitro benzene ring substituents is 1. The van der Waals surface area contributed by atoms with Gasteiger partial charge in [0.25, 0.3) is 17.5 Å². The summed E-state index contributed by atoms with van der Waals surface area (Å²) >= 11 is 0. The van der Waals surface area contributed by atoms with Crippen LogP contribution in [0.15, 0.2) is 42.5 Å². The molecule has 2 aromatic rings. The van der Waals surface area contributed by atoms with Crippen molar-refractivity contribution in [3.8, 4) is 0 Å². The molecule has 13 heteroatoms. The van der Waals surface area contributed by atoms with Crippen LogP contribution in [-0.2, 0) is 14.4 Å². The summed E-state index contributed by atoms with van der Waals surface area (Å²) in [6.45, 7) is 0.970. The van der Waals surface area contributed by atoms with Gasteiger partial charge < -0.3 is 20.2 Å². The minimum absolute atomic E-state index is 0.0582. The lowest BCUT2D eigenvalue weighted by atomic mass is 10.0. The monoisotopic (exact) mass is 490 g/mol. The smallest absolute Gasteiger partial charge is 0.305 e. The van der Waals surface area contributed by atoms with Gasteiger partial charge in [0.2, 0.25) is 5.91 Å². The van der Waals surface area contributed by atoms with Crippen LogP contribution in [0, 0.1) is 21.7 Å². The molecule has 0 radical (unpaired) electrons. The fraction of sp³-hybridized carbons (Fsp3) is 0.273. The van der Waals surface area contributed by atoms with E-state index < -0.39 is 58.9 Å². The van der Waals surface area contributed by atoms with Gasteiger partial charge in [0, 0.05) is 43.8 Å². The summed E-state index contributed by atoms with van der Waals surface area (Å²) in [4.78, 5) is 62.2. The number of nitrogens with one attached hydrogen (secondary N) is 1. The fourth-order valence-corrected chi connectivity index (χ4v) is 3.82. The number of halogens is 2. The minimum atomic E-state index is -1.54. The molecule has 2 atom stereocenters. The van der Waals surface area contributed by atoms with Gasteiger partial charge in [0.1, 0.15) is 11.6 Å². The number of hydrogen-bond donors (Lipinski definition) is 2. The maximum atomic E-state index is 13.6. The molecule has 0 aromatic heterocycles. The molecule has 2 aromatic carbocycles. The Kier molecular flexibility index (Phi) is 7.37. The van der Waals surface area contributed by atoms with Gasteiger partial charge in [-0.1, -0.05) is 12.1 Å².